The summed E-state index contributed by atoms with van der Waals surface area (Å²) in [5.41, 5.74) is 2.48. The number of benzene rings is 2. The van der Waals surface area contributed by atoms with Crippen molar-refractivity contribution < 1.29 is 19.4 Å². The number of phenols is 1. The summed E-state index contributed by atoms with van der Waals surface area (Å²) in [5.74, 6) is -0.0415. The van der Waals surface area contributed by atoms with E-state index in [1.165, 1.54) is 13.2 Å². The molecule has 1 aliphatic rings. The Morgan fingerprint density at radius 3 is 2.67 bits per heavy atom. The predicted octanol–water partition coefficient (Wildman–Crippen LogP) is 2.35. The summed E-state index contributed by atoms with van der Waals surface area (Å²) in [6.45, 7) is 2.05. The molecule has 0 fully saturated rings. The number of carbonyl (C=O) groups is 2. The zero-order valence-corrected chi connectivity index (χ0v) is 15.1. The van der Waals surface area contributed by atoms with Crippen molar-refractivity contribution in [1.29, 1.82) is 0 Å². The largest absolute Gasteiger partial charge is 0.504 e. The molecule has 0 saturated heterocycles. The first kappa shape index (κ1) is 18.3. The second-order valence-electron chi connectivity index (χ2n) is 6.17. The zero-order valence-electron chi connectivity index (χ0n) is 15.1. The van der Waals surface area contributed by atoms with Crippen LogP contribution in [0.2, 0.25) is 0 Å². The molecule has 4 N–H and O–H groups in total. The quantitative estimate of drug-likeness (QED) is 0.652. The lowest BCUT2D eigenvalue weighted by Gasteiger charge is -2.29. The van der Waals surface area contributed by atoms with Crippen LogP contribution in [0.3, 0.4) is 0 Å². The maximum atomic E-state index is 12.9. The van der Waals surface area contributed by atoms with Gasteiger partial charge in [-0.3, -0.25) is 4.79 Å². The molecule has 1 aliphatic heterocycles. The lowest BCUT2D eigenvalue weighted by molar-refractivity contribution is -0.118. The maximum Gasteiger partial charge on any atom is 0.319 e. The minimum atomic E-state index is -0.663. The summed E-state index contributed by atoms with van der Waals surface area (Å²) in [6, 6.07) is 13.2. The summed E-state index contributed by atoms with van der Waals surface area (Å²) in [7, 11) is 1.44. The first-order chi connectivity index (χ1) is 13.0. The van der Waals surface area contributed by atoms with Crippen molar-refractivity contribution >= 4 is 11.9 Å². The first-order valence-corrected chi connectivity index (χ1v) is 8.47. The summed E-state index contributed by atoms with van der Waals surface area (Å²) in [4.78, 5) is 24.8. The number of methoxy groups -OCH3 is 1. The third kappa shape index (κ3) is 4.03. The molecule has 7 nitrogen and oxygen atoms in total. The summed E-state index contributed by atoms with van der Waals surface area (Å²) >= 11 is 0. The molecule has 140 valence electrons. The highest BCUT2D eigenvalue weighted by Gasteiger charge is 2.31. The number of ether oxygens (including phenoxy) is 1. The Morgan fingerprint density at radius 2 is 1.96 bits per heavy atom. The monoisotopic (exact) mass is 367 g/mol. The number of hydrogen-bond acceptors (Lipinski definition) is 4. The number of hydrogen-bond donors (Lipinski definition) is 4. The van der Waals surface area contributed by atoms with Crippen molar-refractivity contribution in [2.24, 2.45) is 0 Å². The van der Waals surface area contributed by atoms with E-state index in [0.717, 1.165) is 5.56 Å². The SMILES string of the molecule is COc1cc([C@@H]2NC(=O)NC(C)=C2C(=O)NCc2ccccc2)ccc1O. The number of nitrogens with one attached hydrogen (secondary N) is 3. The summed E-state index contributed by atoms with van der Waals surface area (Å²) in [5, 5.41) is 18.1. The van der Waals surface area contributed by atoms with E-state index in [2.05, 4.69) is 16.0 Å². The van der Waals surface area contributed by atoms with E-state index in [1.807, 2.05) is 30.3 Å². The maximum absolute atomic E-state index is 12.9. The molecule has 2 aromatic carbocycles. The van der Waals surface area contributed by atoms with Gasteiger partial charge in [0.25, 0.3) is 5.91 Å². The fourth-order valence-electron chi connectivity index (χ4n) is 2.99. The number of allylic oxidation sites excluding steroid dienone is 1. The highest BCUT2D eigenvalue weighted by Crippen LogP contribution is 2.33. The first-order valence-electron chi connectivity index (χ1n) is 8.47. The van der Waals surface area contributed by atoms with Gasteiger partial charge in [-0.2, -0.15) is 0 Å². The van der Waals surface area contributed by atoms with Gasteiger partial charge in [-0.05, 0) is 30.2 Å². The van der Waals surface area contributed by atoms with Gasteiger partial charge in [0.15, 0.2) is 11.5 Å². The second kappa shape index (κ2) is 7.82. The van der Waals surface area contributed by atoms with Crippen molar-refractivity contribution in [3.63, 3.8) is 0 Å². The predicted molar refractivity (Wildman–Crippen MR) is 100 cm³/mol. The van der Waals surface area contributed by atoms with Gasteiger partial charge in [0.1, 0.15) is 0 Å². The van der Waals surface area contributed by atoms with Crippen LogP contribution in [0.1, 0.15) is 24.1 Å². The van der Waals surface area contributed by atoms with Gasteiger partial charge < -0.3 is 25.8 Å². The van der Waals surface area contributed by atoms with Gasteiger partial charge in [-0.25, -0.2) is 4.79 Å². The molecule has 1 atom stereocenters. The number of amides is 3. The van der Waals surface area contributed by atoms with Crippen LogP contribution in [0.15, 0.2) is 59.8 Å². The molecule has 1 heterocycles. The number of aromatic hydroxyl groups is 1. The van der Waals surface area contributed by atoms with E-state index in [4.69, 9.17) is 4.74 Å². The second-order valence-corrected chi connectivity index (χ2v) is 6.17. The Labute approximate surface area is 157 Å². The summed E-state index contributed by atoms with van der Waals surface area (Å²) < 4.78 is 5.14. The minimum absolute atomic E-state index is 0.0164. The topological polar surface area (TPSA) is 99.7 Å². The van der Waals surface area contributed by atoms with Gasteiger partial charge in [0, 0.05) is 12.2 Å². The standard InChI is InChI=1S/C20H21N3O4/c1-12-17(19(25)21-11-13-6-4-3-5-7-13)18(23-20(26)22-12)14-8-9-15(24)16(10-14)27-2/h3-10,18,24H,11H2,1-2H3,(H,21,25)(H2,22,23,26)/t18-/m0/s1. The Kier molecular flexibility index (Phi) is 5.30. The van der Waals surface area contributed by atoms with Crippen molar-refractivity contribution in [2.45, 2.75) is 19.5 Å². The van der Waals surface area contributed by atoms with Crippen molar-refractivity contribution in [3.05, 3.63) is 70.9 Å². The lowest BCUT2D eigenvalue weighted by Crippen LogP contribution is -2.46. The molecule has 2 aromatic rings. The molecule has 3 rings (SSSR count). The third-order valence-electron chi connectivity index (χ3n) is 4.35. The molecule has 0 unspecified atom stereocenters. The molecule has 0 radical (unpaired) electrons. The van der Waals surface area contributed by atoms with Crippen LogP contribution in [-0.4, -0.2) is 24.2 Å². The normalized spacial score (nSPS) is 16.4. The fourth-order valence-corrected chi connectivity index (χ4v) is 2.99. The van der Waals surface area contributed by atoms with Crippen LogP contribution in [0.25, 0.3) is 0 Å². The van der Waals surface area contributed by atoms with Crippen LogP contribution in [0, 0.1) is 0 Å². The van der Waals surface area contributed by atoms with Crippen LogP contribution < -0.4 is 20.7 Å². The molecule has 7 heteroatoms. The molecule has 0 bridgehead atoms. The van der Waals surface area contributed by atoms with E-state index in [1.54, 1.807) is 19.1 Å². The van der Waals surface area contributed by atoms with Gasteiger partial charge in [-0.1, -0.05) is 36.4 Å². The molecule has 0 saturated carbocycles. The number of phenolic OH excluding ortho intramolecular Hbond substituents is 1. The Balaban J connectivity index is 1.88. The number of rotatable bonds is 5. The highest BCUT2D eigenvalue weighted by molar-refractivity contribution is 5.98. The average Bonchev–Trinajstić information content (AvgIpc) is 2.66. The van der Waals surface area contributed by atoms with E-state index in [-0.39, 0.29) is 17.4 Å². The van der Waals surface area contributed by atoms with Crippen LogP contribution >= 0.6 is 0 Å². The van der Waals surface area contributed by atoms with E-state index >= 15 is 0 Å². The fraction of sp³-hybridized carbons (Fsp3) is 0.200. The van der Waals surface area contributed by atoms with Gasteiger partial charge in [-0.15, -0.1) is 0 Å². The lowest BCUT2D eigenvalue weighted by atomic mass is 9.94. The van der Waals surface area contributed by atoms with E-state index in [9.17, 15) is 14.7 Å². The van der Waals surface area contributed by atoms with Crippen LogP contribution in [0.5, 0.6) is 11.5 Å². The zero-order chi connectivity index (χ0) is 19.4. The Hall–Kier alpha value is -3.48. The van der Waals surface area contributed by atoms with Crippen molar-refractivity contribution in [1.82, 2.24) is 16.0 Å². The molecular formula is C20H21N3O4. The summed E-state index contributed by atoms with van der Waals surface area (Å²) in [6.07, 6.45) is 0. The number of carbonyl (C=O) groups excluding carboxylic acids is 2. The molecule has 3 amide bonds. The Morgan fingerprint density at radius 1 is 1.22 bits per heavy atom. The molecule has 0 aliphatic carbocycles. The van der Waals surface area contributed by atoms with Gasteiger partial charge >= 0.3 is 6.03 Å². The van der Waals surface area contributed by atoms with Crippen molar-refractivity contribution in [2.75, 3.05) is 7.11 Å². The minimum Gasteiger partial charge on any atom is -0.504 e. The van der Waals surface area contributed by atoms with Gasteiger partial charge in [0.2, 0.25) is 0 Å². The number of urea groups is 1. The molecule has 0 aromatic heterocycles. The molecule has 27 heavy (non-hydrogen) atoms. The van der Waals surface area contributed by atoms with Crippen LogP contribution in [0.4, 0.5) is 4.79 Å². The molecular weight excluding hydrogens is 346 g/mol. The third-order valence-corrected chi connectivity index (χ3v) is 4.35. The smallest absolute Gasteiger partial charge is 0.319 e. The molecule has 0 spiro atoms. The van der Waals surface area contributed by atoms with Crippen LogP contribution in [-0.2, 0) is 11.3 Å². The van der Waals surface area contributed by atoms with Crippen molar-refractivity contribution in [3.8, 4) is 11.5 Å². The average molecular weight is 367 g/mol. The van der Waals surface area contributed by atoms with Gasteiger partial charge in [0.05, 0.1) is 18.7 Å². The Bertz CT molecular complexity index is 893. The highest BCUT2D eigenvalue weighted by atomic mass is 16.5. The van der Waals surface area contributed by atoms with E-state index in [0.29, 0.717) is 23.4 Å². The van der Waals surface area contributed by atoms with E-state index < -0.39 is 12.1 Å².